The van der Waals surface area contributed by atoms with E-state index in [1.54, 1.807) is 38.3 Å². The van der Waals surface area contributed by atoms with Crippen molar-refractivity contribution in [3.05, 3.63) is 59.7 Å². The van der Waals surface area contributed by atoms with E-state index >= 15 is 0 Å². The maximum Gasteiger partial charge on any atom is 0.339 e. The maximum absolute atomic E-state index is 13.7. The fourth-order valence-electron chi connectivity index (χ4n) is 2.32. The van der Waals surface area contributed by atoms with E-state index in [1.807, 2.05) is 0 Å². The molecule has 8 heteroatoms. The minimum Gasteiger partial charge on any atom is -0.497 e. The van der Waals surface area contributed by atoms with Crippen LogP contribution in [0.25, 0.3) is 11.5 Å². The summed E-state index contributed by atoms with van der Waals surface area (Å²) in [7, 11) is 2.92. The van der Waals surface area contributed by atoms with Crippen LogP contribution in [0.15, 0.2) is 46.9 Å². The number of carbonyl (C=O) groups is 1. The predicted octanol–water partition coefficient (Wildman–Crippen LogP) is 3.81. The van der Waals surface area contributed by atoms with Crippen LogP contribution in [-0.2, 0) is 4.74 Å². The van der Waals surface area contributed by atoms with Gasteiger partial charge in [-0.05, 0) is 49.4 Å². The average molecular weight is 372 g/mol. The van der Waals surface area contributed by atoms with Crippen molar-refractivity contribution in [3.63, 3.8) is 0 Å². The van der Waals surface area contributed by atoms with Crippen LogP contribution < -0.4 is 9.47 Å². The van der Waals surface area contributed by atoms with E-state index in [0.717, 1.165) is 6.07 Å². The Morgan fingerprint density at radius 2 is 1.81 bits per heavy atom. The zero-order valence-corrected chi connectivity index (χ0v) is 14.9. The van der Waals surface area contributed by atoms with E-state index in [0.29, 0.717) is 11.3 Å². The van der Waals surface area contributed by atoms with Crippen molar-refractivity contribution >= 4 is 5.97 Å². The molecule has 7 nitrogen and oxygen atoms in total. The van der Waals surface area contributed by atoms with Crippen LogP contribution >= 0.6 is 0 Å². The van der Waals surface area contributed by atoms with Crippen molar-refractivity contribution < 1.29 is 27.8 Å². The summed E-state index contributed by atoms with van der Waals surface area (Å²) < 4.78 is 34.5. The van der Waals surface area contributed by atoms with Crippen LogP contribution in [0, 0.1) is 5.82 Å². The van der Waals surface area contributed by atoms with Crippen molar-refractivity contribution in [1.29, 1.82) is 0 Å². The first-order valence-electron chi connectivity index (χ1n) is 8.04. The zero-order valence-electron chi connectivity index (χ0n) is 14.9. The monoisotopic (exact) mass is 372 g/mol. The number of benzene rings is 2. The molecule has 3 aromatic rings. The SMILES string of the molecule is COc1ccc(-c2nnc([C@@H](C)OC(=O)c3ccc(OC)c(F)c3)o2)cc1. The van der Waals surface area contributed by atoms with Gasteiger partial charge in [0.2, 0.25) is 5.89 Å². The second-order valence-electron chi connectivity index (χ2n) is 5.57. The van der Waals surface area contributed by atoms with Gasteiger partial charge in [-0.3, -0.25) is 0 Å². The molecular formula is C19H17FN2O5. The molecule has 0 spiro atoms. The highest BCUT2D eigenvalue weighted by atomic mass is 19.1. The van der Waals surface area contributed by atoms with E-state index in [-0.39, 0.29) is 23.1 Å². The fourth-order valence-corrected chi connectivity index (χ4v) is 2.32. The van der Waals surface area contributed by atoms with Crippen molar-refractivity contribution in [2.75, 3.05) is 14.2 Å². The van der Waals surface area contributed by atoms with Crippen molar-refractivity contribution in [2.24, 2.45) is 0 Å². The fraction of sp³-hybridized carbons (Fsp3) is 0.211. The molecule has 0 aliphatic carbocycles. The van der Waals surface area contributed by atoms with E-state index < -0.39 is 17.9 Å². The molecule has 27 heavy (non-hydrogen) atoms. The van der Waals surface area contributed by atoms with E-state index in [9.17, 15) is 9.18 Å². The first kappa shape index (κ1) is 18.4. The van der Waals surface area contributed by atoms with Crippen LogP contribution in [-0.4, -0.2) is 30.4 Å². The molecule has 0 saturated heterocycles. The average Bonchev–Trinajstić information content (AvgIpc) is 3.18. The summed E-state index contributed by atoms with van der Waals surface area (Å²) >= 11 is 0. The van der Waals surface area contributed by atoms with E-state index in [4.69, 9.17) is 18.6 Å². The molecule has 0 aliphatic heterocycles. The number of rotatable bonds is 6. The Morgan fingerprint density at radius 1 is 1.07 bits per heavy atom. The second-order valence-corrected chi connectivity index (χ2v) is 5.57. The van der Waals surface area contributed by atoms with Gasteiger partial charge >= 0.3 is 5.97 Å². The topological polar surface area (TPSA) is 83.7 Å². The normalized spacial score (nSPS) is 11.7. The summed E-state index contributed by atoms with van der Waals surface area (Å²) in [5.74, 6) is -0.213. The Kier molecular flexibility index (Phi) is 5.35. The second kappa shape index (κ2) is 7.86. The van der Waals surface area contributed by atoms with Crippen LogP contribution in [0.3, 0.4) is 0 Å². The van der Waals surface area contributed by atoms with Crippen molar-refractivity contribution in [3.8, 4) is 23.0 Å². The summed E-state index contributed by atoms with van der Waals surface area (Å²) in [5.41, 5.74) is 0.750. The number of halogens is 1. The number of ether oxygens (including phenoxy) is 3. The molecule has 0 amide bonds. The predicted molar refractivity (Wildman–Crippen MR) is 93.1 cm³/mol. The standard InChI is InChI=1S/C19H17FN2O5/c1-11(26-19(23)13-6-9-16(25-3)15(20)10-13)17-21-22-18(27-17)12-4-7-14(24-2)8-5-12/h4-11H,1-3H3/t11-/m1/s1. The lowest BCUT2D eigenvalue weighted by Gasteiger charge is -2.10. The number of esters is 1. The Morgan fingerprint density at radius 3 is 2.44 bits per heavy atom. The first-order chi connectivity index (χ1) is 13.0. The van der Waals surface area contributed by atoms with Gasteiger partial charge in [0, 0.05) is 5.56 Å². The molecule has 1 heterocycles. The van der Waals surface area contributed by atoms with Gasteiger partial charge in [-0.15, -0.1) is 10.2 Å². The zero-order chi connectivity index (χ0) is 19.4. The van der Waals surface area contributed by atoms with E-state index in [2.05, 4.69) is 10.2 Å². The highest BCUT2D eigenvalue weighted by molar-refractivity contribution is 5.89. The highest BCUT2D eigenvalue weighted by Gasteiger charge is 2.21. The molecule has 140 valence electrons. The van der Waals surface area contributed by atoms with Crippen LogP contribution in [0.1, 0.15) is 29.3 Å². The van der Waals surface area contributed by atoms with Gasteiger partial charge in [-0.1, -0.05) is 0 Å². The molecule has 0 N–H and O–H groups in total. The van der Waals surface area contributed by atoms with Gasteiger partial charge in [0.15, 0.2) is 17.7 Å². The number of hydrogen-bond donors (Lipinski definition) is 0. The molecule has 0 radical (unpaired) electrons. The molecular weight excluding hydrogens is 355 g/mol. The molecule has 0 aliphatic rings. The van der Waals surface area contributed by atoms with Gasteiger partial charge in [0.05, 0.1) is 19.8 Å². The molecule has 0 saturated carbocycles. The lowest BCUT2D eigenvalue weighted by Crippen LogP contribution is -2.10. The third-order valence-corrected chi connectivity index (χ3v) is 3.80. The minimum atomic E-state index is -0.804. The van der Waals surface area contributed by atoms with Gasteiger partial charge in [-0.25, -0.2) is 9.18 Å². The summed E-state index contributed by atoms with van der Waals surface area (Å²) in [5, 5.41) is 7.86. The molecule has 3 rings (SSSR count). The van der Waals surface area contributed by atoms with Crippen molar-refractivity contribution in [2.45, 2.75) is 13.0 Å². The van der Waals surface area contributed by atoms with Gasteiger partial charge in [-0.2, -0.15) is 0 Å². The smallest absolute Gasteiger partial charge is 0.339 e. The van der Waals surface area contributed by atoms with E-state index in [1.165, 1.54) is 19.2 Å². The van der Waals surface area contributed by atoms with Gasteiger partial charge < -0.3 is 18.6 Å². The maximum atomic E-state index is 13.7. The summed E-state index contributed by atoms with van der Waals surface area (Å²) in [4.78, 5) is 12.2. The third-order valence-electron chi connectivity index (χ3n) is 3.80. The summed E-state index contributed by atoms with van der Waals surface area (Å²) in [6.07, 6.45) is -0.804. The number of nitrogens with zero attached hydrogens (tertiary/aromatic N) is 2. The Balaban J connectivity index is 1.70. The van der Waals surface area contributed by atoms with Gasteiger partial charge in [0.25, 0.3) is 5.89 Å². The van der Waals surface area contributed by atoms with Crippen LogP contribution in [0.5, 0.6) is 11.5 Å². The van der Waals surface area contributed by atoms with Crippen LogP contribution in [0.4, 0.5) is 4.39 Å². The Hall–Kier alpha value is -3.42. The minimum absolute atomic E-state index is 0.0423. The van der Waals surface area contributed by atoms with Crippen LogP contribution in [0.2, 0.25) is 0 Å². The highest BCUT2D eigenvalue weighted by Crippen LogP contribution is 2.25. The number of aromatic nitrogens is 2. The third kappa shape index (κ3) is 4.05. The lowest BCUT2D eigenvalue weighted by atomic mass is 10.2. The largest absolute Gasteiger partial charge is 0.497 e. The molecule has 1 atom stereocenters. The lowest BCUT2D eigenvalue weighted by molar-refractivity contribution is 0.0279. The molecule has 1 aromatic heterocycles. The molecule has 0 bridgehead atoms. The van der Waals surface area contributed by atoms with Gasteiger partial charge in [0.1, 0.15) is 5.75 Å². The van der Waals surface area contributed by atoms with Crippen molar-refractivity contribution in [1.82, 2.24) is 10.2 Å². The molecule has 2 aromatic carbocycles. The molecule has 0 fully saturated rings. The quantitative estimate of drug-likeness (QED) is 0.608. The summed E-state index contributed by atoms with van der Waals surface area (Å²) in [6.45, 7) is 1.59. The Bertz CT molecular complexity index is 940. The number of methoxy groups -OCH3 is 2. The number of hydrogen-bond acceptors (Lipinski definition) is 7. The Labute approximate surface area is 154 Å². The molecule has 0 unspecified atom stereocenters. The first-order valence-corrected chi connectivity index (χ1v) is 8.04. The summed E-state index contributed by atoms with van der Waals surface area (Å²) in [6, 6.07) is 10.9. The number of carbonyl (C=O) groups excluding carboxylic acids is 1.